The van der Waals surface area contributed by atoms with E-state index in [1.165, 1.54) is 0 Å². The third kappa shape index (κ3) is 8.02. The van der Waals surface area contributed by atoms with Crippen LogP contribution in [-0.4, -0.2) is 53.9 Å². The van der Waals surface area contributed by atoms with Crippen LogP contribution in [0, 0.1) is 0 Å². The number of nitrogens with one attached hydrogen (secondary N) is 2. The number of hydrogen-bond acceptors (Lipinski definition) is 4. The topological polar surface area (TPSA) is 53.6 Å². The lowest BCUT2D eigenvalue weighted by molar-refractivity contribution is 0.0505. The summed E-state index contributed by atoms with van der Waals surface area (Å²) in [5.74, 6) is 0. The molecular weight excluding hydrogens is 290 g/mol. The van der Waals surface area contributed by atoms with Gasteiger partial charge in [-0.1, -0.05) is 0 Å². The molecule has 0 saturated heterocycles. The van der Waals surface area contributed by atoms with Crippen molar-refractivity contribution >= 4 is 6.09 Å². The van der Waals surface area contributed by atoms with E-state index in [1.54, 1.807) is 0 Å². The first-order valence-corrected chi connectivity index (χ1v) is 9.07. The van der Waals surface area contributed by atoms with Crippen LogP contribution in [0.15, 0.2) is 0 Å². The summed E-state index contributed by atoms with van der Waals surface area (Å²) in [7, 11) is 0. The van der Waals surface area contributed by atoms with Crippen LogP contribution in [0.4, 0.5) is 4.79 Å². The largest absolute Gasteiger partial charge is 0.444 e. The molecule has 1 fully saturated rings. The molecule has 2 unspecified atom stereocenters. The first-order chi connectivity index (χ1) is 10.6. The molecule has 1 aliphatic carbocycles. The average Bonchev–Trinajstić information content (AvgIpc) is 2.78. The molecule has 2 atom stereocenters. The van der Waals surface area contributed by atoms with Crippen molar-refractivity contribution in [3.05, 3.63) is 0 Å². The molecule has 5 nitrogen and oxygen atoms in total. The molecule has 0 aromatic rings. The maximum absolute atomic E-state index is 11.8. The van der Waals surface area contributed by atoms with Gasteiger partial charge >= 0.3 is 6.09 Å². The molecule has 1 rings (SSSR count). The highest BCUT2D eigenvalue weighted by Crippen LogP contribution is 2.20. The van der Waals surface area contributed by atoms with Crippen molar-refractivity contribution in [1.29, 1.82) is 0 Å². The lowest BCUT2D eigenvalue weighted by Gasteiger charge is -2.31. The van der Waals surface area contributed by atoms with Crippen molar-refractivity contribution in [3.8, 4) is 0 Å². The second kappa shape index (κ2) is 8.88. The van der Waals surface area contributed by atoms with E-state index in [1.807, 2.05) is 20.8 Å². The highest BCUT2D eigenvalue weighted by atomic mass is 16.6. The SMILES string of the molecule is CC(C)N(CCNC1CCC(NC(=O)OC(C)(C)C)C1)C(C)C. The van der Waals surface area contributed by atoms with E-state index in [4.69, 9.17) is 4.74 Å². The molecule has 23 heavy (non-hydrogen) atoms. The Kier molecular flexibility index (Phi) is 7.81. The van der Waals surface area contributed by atoms with Crippen LogP contribution < -0.4 is 10.6 Å². The Hall–Kier alpha value is -0.810. The number of hydrogen-bond donors (Lipinski definition) is 2. The normalized spacial score (nSPS) is 22.2. The van der Waals surface area contributed by atoms with Gasteiger partial charge in [0.25, 0.3) is 0 Å². The minimum Gasteiger partial charge on any atom is -0.444 e. The first kappa shape index (κ1) is 20.2. The quantitative estimate of drug-likeness (QED) is 0.754. The second-order valence-corrected chi connectivity index (χ2v) is 8.23. The molecule has 0 bridgehead atoms. The van der Waals surface area contributed by atoms with Crippen molar-refractivity contribution in [2.24, 2.45) is 0 Å². The minimum atomic E-state index is -0.433. The van der Waals surface area contributed by atoms with Crippen LogP contribution in [0.3, 0.4) is 0 Å². The molecule has 5 heteroatoms. The van der Waals surface area contributed by atoms with E-state index >= 15 is 0 Å². The maximum Gasteiger partial charge on any atom is 0.407 e. The van der Waals surface area contributed by atoms with Gasteiger partial charge in [-0.2, -0.15) is 0 Å². The Labute approximate surface area is 142 Å². The highest BCUT2D eigenvalue weighted by molar-refractivity contribution is 5.68. The van der Waals surface area contributed by atoms with Gasteiger partial charge < -0.3 is 15.4 Å². The standard InChI is InChI=1S/C18H37N3O2/c1-13(2)21(14(3)4)11-10-19-15-8-9-16(12-15)20-17(22)23-18(5,6)7/h13-16,19H,8-12H2,1-7H3,(H,20,22). The van der Waals surface area contributed by atoms with Crippen molar-refractivity contribution in [1.82, 2.24) is 15.5 Å². The number of amides is 1. The number of alkyl carbamates (subject to hydrolysis) is 1. The summed E-state index contributed by atoms with van der Waals surface area (Å²) in [4.78, 5) is 14.3. The van der Waals surface area contributed by atoms with Crippen LogP contribution >= 0.6 is 0 Å². The van der Waals surface area contributed by atoms with Gasteiger partial charge in [0.05, 0.1) is 0 Å². The number of carbonyl (C=O) groups excluding carboxylic acids is 1. The third-order valence-electron chi connectivity index (χ3n) is 4.28. The van der Waals surface area contributed by atoms with Gasteiger partial charge in [0.1, 0.15) is 5.60 Å². The molecule has 0 spiro atoms. The summed E-state index contributed by atoms with van der Waals surface area (Å²) in [6, 6.07) is 1.87. The van der Waals surface area contributed by atoms with E-state index in [-0.39, 0.29) is 12.1 Å². The van der Waals surface area contributed by atoms with Gasteiger partial charge in [-0.25, -0.2) is 4.79 Å². The molecule has 0 aromatic carbocycles. The molecule has 0 radical (unpaired) electrons. The molecular formula is C18H37N3O2. The Morgan fingerprint density at radius 1 is 1.13 bits per heavy atom. The maximum atomic E-state index is 11.8. The van der Waals surface area contributed by atoms with Crippen LogP contribution in [-0.2, 0) is 4.74 Å². The van der Waals surface area contributed by atoms with E-state index < -0.39 is 5.60 Å². The highest BCUT2D eigenvalue weighted by Gasteiger charge is 2.27. The lowest BCUT2D eigenvalue weighted by Crippen LogP contribution is -2.43. The van der Waals surface area contributed by atoms with Gasteiger partial charge in [0, 0.05) is 37.3 Å². The van der Waals surface area contributed by atoms with E-state index in [0.717, 1.165) is 32.4 Å². The number of nitrogens with zero attached hydrogens (tertiary/aromatic N) is 1. The zero-order valence-electron chi connectivity index (χ0n) is 16.1. The fraction of sp³-hybridized carbons (Fsp3) is 0.944. The minimum absolute atomic E-state index is 0.230. The van der Waals surface area contributed by atoms with Gasteiger partial charge in [0.15, 0.2) is 0 Å². The summed E-state index contributed by atoms with van der Waals surface area (Å²) in [5, 5.41) is 6.63. The van der Waals surface area contributed by atoms with Crippen LogP contribution in [0.1, 0.15) is 67.7 Å². The number of rotatable bonds is 7. The second-order valence-electron chi connectivity index (χ2n) is 8.23. The van der Waals surface area contributed by atoms with Crippen LogP contribution in [0.25, 0.3) is 0 Å². The van der Waals surface area contributed by atoms with E-state index in [0.29, 0.717) is 18.1 Å². The summed E-state index contributed by atoms with van der Waals surface area (Å²) >= 11 is 0. The predicted octanol–water partition coefficient (Wildman–Crippen LogP) is 3.14. The Balaban J connectivity index is 2.26. The van der Waals surface area contributed by atoms with E-state index in [2.05, 4.69) is 43.2 Å². The van der Waals surface area contributed by atoms with Crippen LogP contribution in [0.5, 0.6) is 0 Å². The molecule has 2 N–H and O–H groups in total. The third-order valence-corrected chi connectivity index (χ3v) is 4.28. The van der Waals surface area contributed by atoms with E-state index in [9.17, 15) is 4.79 Å². The Morgan fingerprint density at radius 2 is 1.70 bits per heavy atom. The Bertz CT molecular complexity index is 356. The molecule has 1 amide bonds. The van der Waals surface area contributed by atoms with Gasteiger partial charge in [-0.15, -0.1) is 0 Å². The molecule has 0 aromatic heterocycles. The van der Waals surface area contributed by atoms with Crippen LogP contribution in [0.2, 0.25) is 0 Å². The molecule has 136 valence electrons. The van der Waals surface area contributed by atoms with Crippen molar-refractivity contribution in [2.45, 2.75) is 97.5 Å². The zero-order chi connectivity index (χ0) is 17.6. The predicted molar refractivity (Wildman–Crippen MR) is 95.8 cm³/mol. The molecule has 0 heterocycles. The first-order valence-electron chi connectivity index (χ1n) is 9.07. The van der Waals surface area contributed by atoms with Crippen molar-refractivity contribution in [2.75, 3.05) is 13.1 Å². The smallest absolute Gasteiger partial charge is 0.407 e. The van der Waals surface area contributed by atoms with Gasteiger partial charge in [-0.05, 0) is 67.7 Å². The number of carbonyl (C=O) groups is 1. The summed E-state index contributed by atoms with van der Waals surface area (Å²) in [6.07, 6.45) is 2.83. The summed E-state index contributed by atoms with van der Waals surface area (Å²) in [5.41, 5.74) is -0.433. The Morgan fingerprint density at radius 3 is 2.22 bits per heavy atom. The molecule has 1 saturated carbocycles. The summed E-state index contributed by atoms with van der Waals surface area (Å²) < 4.78 is 5.32. The van der Waals surface area contributed by atoms with Crippen molar-refractivity contribution < 1.29 is 9.53 Å². The molecule has 1 aliphatic rings. The zero-order valence-corrected chi connectivity index (χ0v) is 16.1. The lowest BCUT2D eigenvalue weighted by atomic mass is 10.2. The fourth-order valence-corrected chi connectivity index (χ4v) is 3.28. The summed E-state index contributed by atoms with van der Waals surface area (Å²) in [6.45, 7) is 16.7. The monoisotopic (exact) mass is 327 g/mol. The molecule has 0 aliphatic heterocycles. The van der Waals surface area contributed by atoms with Gasteiger partial charge in [-0.3, -0.25) is 4.90 Å². The van der Waals surface area contributed by atoms with Gasteiger partial charge in [0.2, 0.25) is 0 Å². The average molecular weight is 328 g/mol. The fourth-order valence-electron chi connectivity index (χ4n) is 3.28. The van der Waals surface area contributed by atoms with Crippen molar-refractivity contribution in [3.63, 3.8) is 0 Å². The number of ether oxygens (including phenoxy) is 1.